The Bertz CT molecular complexity index is 451. The molecule has 98 valence electrons. The van der Waals surface area contributed by atoms with Gasteiger partial charge in [-0.2, -0.15) is 0 Å². The molecule has 3 nitrogen and oxygen atoms in total. The van der Waals surface area contributed by atoms with E-state index in [0.29, 0.717) is 19.1 Å². The summed E-state index contributed by atoms with van der Waals surface area (Å²) in [7, 11) is 1.85. The topological polar surface area (TPSA) is 32.3 Å². The van der Waals surface area contributed by atoms with Gasteiger partial charge in [0.25, 0.3) is 0 Å². The Morgan fingerprint density at radius 1 is 1.50 bits per heavy atom. The minimum absolute atomic E-state index is 0.0833. The standard InChI is InChI=1S/C13H16F2N2O/c1-16-11-4-5-17(8-11)13(18)7-9-6-10(14)2-3-12(9)15/h2-3,6,11,16H,4-5,7-8H2,1H3/t11-/m1/s1. The number of carbonyl (C=O) groups is 1. The van der Waals surface area contributed by atoms with Crippen molar-refractivity contribution in [1.82, 2.24) is 10.2 Å². The predicted octanol–water partition coefficient (Wildman–Crippen LogP) is 1.33. The first-order chi connectivity index (χ1) is 8.60. The fourth-order valence-electron chi connectivity index (χ4n) is 2.18. The van der Waals surface area contributed by atoms with Gasteiger partial charge in [-0.1, -0.05) is 0 Å². The average molecular weight is 254 g/mol. The van der Waals surface area contributed by atoms with Crippen LogP contribution < -0.4 is 5.32 Å². The number of hydrogen-bond acceptors (Lipinski definition) is 2. The van der Waals surface area contributed by atoms with Crippen molar-refractivity contribution < 1.29 is 13.6 Å². The molecule has 0 bridgehead atoms. The van der Waals surface area contributed by atoms with E-state index in [-0.39, 0.29) is 17.9 Å². The zero-order valence-electron chi connectivity index (χ0n) is 10.2. The summed E-state index contributed by atoms with van der Waals surface area (Å²) in [5, 5.41) is 3.11. The smallest absolute Gasteiger partial charge is 0.227 e. The van der Waals surface area contributed by atoms with Crippen LogP contribution in [0, 0.1) is 11.6 Å². The van der Waals surface area contributed by atoms with Gasteiger partial charge in [0.1, 0.15) is 11.6 Å². The first kappa shape index (κ1) is 13.0. The molecule has 0 saturated carbocycles. The molecule has 0 aromatic heterocycles. The van der Waals surface area contributed by atoms with E-state index in [1.165, 1.54) is 0 Å². The van der Waals surface area contributed by atoms with Gasteiger partial charge in [0.2, 0.25) is 5.91 Å². The molecule has 0 unspecified atom stereocenters. The van der Waals surface area contributed by atoms with E-state index >= 15 is 0 Å². The van der Waals surface area contributed by atoms with Gasteiger partial charge in [-0.05, 0) is 31.7 Å². The first-order valence-corrected chi connectivity index (χ1v) is 5.99. The van der Waals surface area contributed by atoms with Crippen molar-refractivity contribution >= 4 is 5.91 Å². The van der Waals surface area contributed by atoms with Crippen molar-refractivity contribution in [1.29, 1.82) is 0 Å². The zero-order chi connectivity index (χ0) is 13.1. The second-order valence-corrected chi connectivity index (χ2v) is 4.53. The van der Waals surface area contributed by atoms with Crippen LogP contribution in [0.5, 0.6) is 0 Å². The fourth-order valence-corrected chi connectivity index (χ4v) is 2.18. The maximum atomic E-state index is 13.4. The quantitative estimate of drug-likeness (QED) is 0.882. The summed E-state index contributed by atoms with van der Waals surface area (Å²) in [4.78, 5) is 13.6. The second-order valence-electron chi connectivity index (χ2n) is 4.53. The van der Waals surface area contributed by atoms with E-state index in [4.69, 9.17) is 0 Å². The third-order valence-corrected chi connectivity index (χ3v) is 3.30. The van der Waals surface area contributed by atoms with E-state index in [9.17, 15) is 13.6 Å². The van der Waals surface area contributed by atoms with Crippen molar-refractivity contribution in [2.45, 2.75) is 18.9 Å². The highest BCUT2D eigenvalue weighted by atomic mass is 19.1. The lowest BCUT2D eigenvalue weighted by Crippen LogP contribution is -2.34. The minimum Gasteiger partial charge on any atom is -0.341 e. The average Bonchev–Trinajstić information content (AvgIpc) is 2.82. The lowest BCUT2D eigenvalue weighted by atomic mass is 10.1. The number of likely N-dealkylation sites (tertiary alicyclic amines) is 1. The Labute approximate surface area is 105 Å². The Morgan fingerprint density at radius 3 is 2.94 bits per heavy atom. The van der Waals surface area contributed by atoms with Crippen molar-refractivity contribution in [2.24, 2.45) is 0 Å². The normalized spacial score (nSPS) is 19.3. The van der Waals surface area contributed by atoms with E-state index in [1.807, 2.05) is 7.05 Å². The van der Waals surface area contributed by atoms with Crippen molar-refractivity contribution in [3.8, 4) is 0 Å². The highest BCUT2D eigenvalue weighted by molar-refractivity contribution is 5.79. The molecule has 1 amide bonds. The molecular weight excluding hydrogens is 238 g/mol. The van der Waals surface area contributed by atoms with Crippen molar-refractivity contribution in [3.63, 3.8) is 0 Å². The SMILES string of the molecule is CN[C@@H]1CCN(C(=O)Cc2cc(F)ccc2F)C1. The number of amides is 1. The lowest BCUT2D eigenvalue weighted by Gasteiger charge is -2.16. The van der Waals surface area contributed by atoms with Gasteiger partial charge in [-0.3, -0.25) is 4.79 Å². The lowest BCUT2D eigenvalue weighted by molar-refractivity contribution is -0.129. The third kappa shape index (κ3) is 2.85. The Morgan fingerprint density at radius 2 is 2.28 bits per heavy atom. The van der Waals surface area contributed by atoms with E-state index < -0.39 is 11.6 Å². The van der Waals surface area contributed by atoms with Crippen molar-refractivity contribution in [3.05, 3.63) is 35.4 Å². The summed E-state index contributed by atoms with van der Waals surface area (Å²) < 4.78 is 26.4. The number of benzene rings is 1. The van der Waals surface area contributed by atoms with Gasteiger partial charge in [0.05, 0.1) is 6.42 Å². The second kappa shape index (κ2) is 5.44. The van der Waals surface area contributed by atoms with Crippen LogP contribution in [0.3, 0.4) is 0 Å². The number of halogens is 2. The number of nitrogens with zero attached hydrogens (tertiary/aromatic N) is 1. The maximum Gasteiger partial charge on any atom is 0.227 e. The third-order valence-electron chi connectivity index (χ3n) is 3.30. The Kier molecular flexibility index (Phi) is 3.91. The molecule has 1 aromatic rings. The van der Waals surface area contributed by atoms with Gasteiger partial charge in [-0.25, -0.2) is 8.78 Å². The highest BCUT2D eigenvalue weighted by Crippen LogP contribution is 2.14. The fraction of sp³-hybridized carbons (Fsp3) is 0.462. The van der Waals surface area contributed by atoms with Gasteiger partial charge >= 0.3 is 0 Å². The summed E-state index contributed by atoms with van der Waals surface area (Å²) >= 11 is 0. The van der Waals surface area contributed by atoms with Crippen LogP contribution in [0.4, 0.5) is 8.78 Å². The Hall–Kier alpha value is -1.49. The molecule has 18 heavy (non-hydrogen) atoms. The van der Waals surface area contributed by atoms with Gasteiger partial charge in [0.15, 0.2) is 0 Å². The first-order valence-electron chi connectivity index (χ1n) is 5.99. The number of likely N-dealkylation sites (N-methyl/N-ethyl adjacent to an activating group) is 1. The molecule has 2 rings (SSSR count). The summed E-state index contributed by atoms with van der Waals surface area (Å²) in [6.07, 6.45) is 0.813. The predicted molar refractivity (Wildman–Crippen MR) is 64.1 cm³/mol. The van der Waals surface area contributed by atoms with E-state index in [1.54, 1.807) is 4.90 Å². The molecule has 0 radical (unpaired) electrons. The van der Waals surface area contributed by atoms with E-state index in [0.717, 1.165) is 24.6 Å². The zero-order valence-corrected chi connectivity index (χ0v) is 10.2. The molecular formula is C13H16F2N2O. The molecule has 0 spiro atoms. The number of rotatable bonds is 3. The summed E-state index contributed by atoms with van der Waals surface area (Å²) in [6, 6.07) is 3.49. The molecule has 1 atom stereocenters. The molecule has 1 aliphatic heterocycles. The largest absolute Gasteiger partial charge is 0.341 e. The number of carbonyl (C=O) groups excluding carboxylic acids is 1. The van der Waals surface area contributed by atoms with Crippen LogP contribution in [0.1, 0.15) is 12.0 Å². The van der Waals surface area contributed by atoms with Gasteiger partial charge < -0.3 is 10.2 Å². The molecule has 1 N–H and O–H groups in total. The molecule has 1 heterocycles. The molecule has 1 aromatic carbocycles. The van der Waals surface area contributed by atoms with Crippen molar-refractivity contribution in [2.75, 3.05) is 20.1 Å². The highest BCUT2D eigenvalue weighted by Gasteiger charge is 2.25. The molecule has 0 aliphatic carbocycles. The molecule has 5 heteroatoms. The maximum absolute atomic E-state index is 13.4. The number of nitrogens with one attached hydrogen (secondary N) is 1. The molecule has 1 saturated heterocycles. The molecule has 1 aliphatic rings. The Balaban J connectivity index is 2.01. The van der Waals surface area contributed by atoms with Crippen LogP contribution in [-0.4, -0.2) is 37.0 Å². The molecule has 1 fully saturated rings. The van der Waals surface area contributed by atoms with Crippen LogP contribution in [0.15, 0.2) is 18.2 Å². The number of hydrogen-bond donors (Lipinski definition) is 1. The monoisotopic (exact) mass is 254 g/mol. The van der Waals surface area contributed by atoms with Gasteiger partial charge in [0, 0.05) is 24.7 Å². The van der Waals surface area contributed by atoms with Gasteiger partial charge in [-0.15, -0.1) is 0 Å². The van der Waals surface area contributed by atoms with E-state index in [2.05, 4.69) is 5.32 Å². The summed E-state index contributed by atoms with van der Waals surface area (Å²) in [6.45, 7) is 1.30. The van der Waals surface area contributed by atoms with Crippen LogP contribution >= 0.6 is 0 Å². The van der Waals surface area contributed by atoms with Crippen LogP contribution in [-0.2, 0) is 11.2 Å². The minimum atomic E-state index is -0.533. The van der Waals surface area contributed by atoms with Crippen LogP contribution in [0.25, 0.3) is 0 Å². The summed E-state index contributed by atoms with van der Waals surface area (Å²) in [5.41, 5.74) is 0.118. The van der Waals surface area contributed by atoms with Crippen LogP contribution in [0.2, 0.25) is 0 Å². The summed E-state index contributed by atoms with van der Waals surface area (Å²) in [5.74, 6) is -1.21.